The first-order valence-electron chi connectivity index (χ1n) is 6.09. The van der Waals surface area contributed by atoms with Crippen LogP contribution in [-0.4, -0.2) is 16.1 Å². The zero-order valence-corrected chi connectivity index (χ0v) is 10.4. The Bertz CT molecular complexity index is 519. The third-order valence-corrected chi connectivity index (χ3v) is 2.92. The van der Waals surface area contributed by atoms with Gasteiger partial charge in [0.1, 0.15) is 5.76 Å². The first kappa shape index (κ1) is 13.3. The van der Waals surface area contributed by atoms with E-state index in [9.17, 15) is 15.2 Å². The van der Waals surface area contributed by atoms with Gasteiger partial charge < -0.3 is 9.52 Å². The minimum absolute atomic E-state index is 0.0637. The van der Waals surface area contributed by atoms with E-state index in [1.54, 1.807) is 18.4 Å². The lowest BCUT2D eigenvalue weighted by molar-refractivity contribution is -0.384. The van der Waals surface area contributed by atoms with Crippen LogP contribution in [0, 0.1) is 10.1 Å². The maximum Gasteiger partial charge on any atom is 0.269 e. The molecule has 0 radical (unpaired) electrons. The minimum Gasteiger partial charge on any atom is -0.469 e. The van der Waals surface area contributed by atoms with Gasteiger partial charge in [-0.2, -0.15) is 0 Å². The zero-order chi connectivity index (χ0) is 13.7. The molecule has 0 saturated carbocycles. The van der Waals surface area contributed by atoms with Crippen molar-refractivity contribution in [3.8, 4) is 0 Å². The van der Waals surface area contributed by atoms with Crippen LogP contribution in [0.1, 0.15) is 17.7 Å². The fourth-order valence-electron chi connectivity index (χ4n) is 1.89. The molecule has 0 amide bonds. The molecule has 5 heteroatoms. The molecule has 19 heavy (non-hydrogen) atoms. The van der Waals surface area contributed by atoms with Crippen LogP contribution in [0.2, 0.25) is 0 Å². The van der Waals surface area contributed by atoms with E-state index in [0.29, 0.717) is 19.3 Å². The fourth-order valence-corrected chi connectivity index (χ4v) is 1.89. The van der Waals surface area contributed by atoms with E-state index >= 15 is 0 Å². The summed E-state index contributed by atoms with van der Waals surface area (Å²) in [6, 6.07) is 9.95. The molecule has 0 aliphatic carbocycles. The molecule has 5 nitrogen and oxygen atoms in total. The van der Waals surface area contributed by atoms with E-state index in [2.05, 4.69) is 0 Å². The largest absolute Gasteiger partial charge is 0.469 e. The molecule has 0 fully saturated rings. The van der Waals surface area contributed by atoms with Crippen LogP contribution in [0.15, 0.2) is 47.1 Å². The molecule has 1 N–H and O–H groups in total. The van der Waals surface area contributed by atoms with Crippen molar-refractivity contribution in [2.75, 3.05) is 0 Å². The summed E-state index contributed by atoms with van der Waals surface area (Å²) in [5.74, 6) is 0.850. The molecule has 1 aromatic carbocycles. The molecule has 0 aliphatic heterocycles. The van der Waals surface area contributed by atoms with Crippen molar-refractivity contribution in [3.63, 3.8) is 0 Å². The lowest BCUT2D eigenvalue weighted by atomic mass is 10.0. The van der Waals surface area contributed by atoms with E-state index in [1.807, 2.05) is 12.1 Å². The molecule has 1 unspecified atom stereocenters. The van der Waals surface area contributed by atoms with Crippen LogP contribution in [-0.2, 0) is 12.8 Å². The van der Waals surface area contributed by atoms with Crippen molar-refractivity contribution in [3.05, 3.63) is 64.1 Å². The Labute approximate surface area is 110 Å². The van der Waals surface area contributed by atoms with Crippen molar-refractivity contribution in [2.24, 2.45) is 0 Å². The first-order chi connectivity index (χ1) is 9.15. The lowest BCUT2D eigenvalue weighted by Crippen LogP contribution is -2.11. The number of nitro groups is 1. The third-order valence-electron chi connectivity index (χ3n) is 2.92. The highest BCUT2D eigenvalue weighted by atomic mass is 16.6. The predicted octanol–water partition coefficient (Wildman–Crippen LogP) is 2.72. The maximum atomic E-state index is 10.5. The van der Waals surface area contributed by atoms with Gasteiger partial charge in [-0.25, -0.2) is 0 Å². The number of hydrogen-bond acceptors (Lipinski definition) is 4. The second-order valence-electron chi connectivity index (χ2n) is 4.40. The Morgan fingerprint density at radius 2 is 2.00 bits per heavy atom. The Hall–Kier alpha value is -2.14. The van der Waals surface area contributed by atoms with Crippen molar-refractivity contribution >= 4 is 5.69 Å². The smallest absolute Gasteiger partial charge is 0.269 e. The minimum atomic E-state index is -0.480. The van der Waals surface area contributed by atoms with Gasteiger partial charge in [0.15, 0.2) is 0 Å². The van der Waals surface area contributed by atoms with Gasteiger partial charge in [-0.15, -0.1) is 0 Å². The summed E-state index contributed by atoms with van der Waals surface area (Å²) in [7, 11) is 0. The molecular formula is C14H15NO4. The molecule has 2 rings (SSSR count). The highest BCUT2D eigenvalue weighted by Crippen LogP contribution is 2.15. The van der Waals surface area contributed by atoms with Crippen LogP contribution in [0.5, 0.6) is 0 Å². The van der Waals surface area contributed by atoms with Gasteiger partial charge in [0.2, 0.25) is 0 Å². The summed E-state index contributed by atoms with van der Waals surface area (Å²) >= 11 is 0. The quantitative estimate of drug-likeness (QED) is 0.640. The Kier molecular flexibility index (Phi) is 4.30. The Balaban J connectivity index is 1.84. The third kappa shape index (κ3) is 3.93. The molecule has 1 aromatic heterocycles. The molecule has 1 heterocycles. The number of hydrogen-bond donors (Lipinski definition) is 1. The van der Waals surface area contributed by atoms with Gasteiger partial charge in [0.25, 0.3) is 5.69 Å². The zero-order valence-electron chi connectivity index (χ0n) is 10.4. The highest BCUT2D eigenvalue weighted by Gasteiger charge is 2.09. The SMILES string of the molecule is O=[N+]([O-])c1ccc(CC(O)CCc2ccco2)cc1. The van der Waals surface area contributed by atoms with Crippen molar-refractivity contribution in [2.45, 2.75) is 25.4 Å². The number of benzene rings is 1. The second kappa shape index (κ2) is 6.15. The molecular weight excluding hydrogens is 246 g/mol. The molecule has 0 saturated heterocycles. The number of aliphatic hydroxyl groups is 1. The number of aryl methyl sites for hydroxylation is 1. The van der Waals surface area contributed by atoms with Crippen molar-refractivity contribution in [1.82, 2.24) is 0 Å². The lowest BCUT2D eigenvalue weighted by Gasteiger charge is -2.09. The summed E-state index contributed by atoms with van der Waals surface area (Å²) in [4.78, 5) is 10.1. The van der Waals surface area contributed by atoms with E-state index in [-0.39, 0.29) is 5.69 Å². The number of aliphatic hydroxyl groups excluding tert-OH is 1. The van der Waals surface area contributed by atoms with Crippen LogP contribution in [0.25, 0.3) is 0 Å². The van der Waals surface area contributed by atoms with Crippen LogP contribution in [0.4, 0.5) is 5.69 Å². The number of furan rings is 1. The number of non-ortho nitro benzene ring substituents is 1. The van der Waals surface area contributed by atoms with Gasteiger partial charge in [0.05, 0.1) is 17.3 Å². The standard InChI is InChI=1S/C14H15NO4/c16-13(7-8-14-2-1-9-19-14)10-11-3-5-12(6-4-11)15(17)18/h1-6,9,13,16H,7-8,10H2. The average molecular weight is 261 g/mol. The Morgan fingerprint density at radius 1 is 1.26 bits per heavy atom. The molecule has 100 valence electrons. The number of nitrogens with zero attached hydrogens (tertiary/aromatic N) is 1. The van der Waals surface area contributed by atoms with Crippen LogP contribution >= 0.6 is 0 Å². The Morgan fingerprint density at radius 3 is 2.58 bits per heavy atom. The van der Waals surface area contributed by atoms with Crippen LogP contribution < -0.4 is 0 Å². The van der Waals surface area contributed by atoms with E-state index in [1.165, 1.54) is 12.1 Å². The maximum absolute atomic E-state index is 10.5. The normalized spacial score (nSPS) is 12.3. The average Bonchev–Trinajstić information content (AvgIpc) is 2.90. The van der Waals surface area contributed by atoms with E-state index in [0.717, 1.165) is 11.3 Å². The number of nitro benzene ring substituents is 1. The summed E-state index contributed by atoms with van der Waals surface area (Å²) in [5.41, 5.74) is 0.950. The number of rotatable bonds is 6. The topological polar surface area (TPSA) is 76.5 Å². The molecule has 0 aliphatic rings. The molecule has 1 atom stereocenters. The second-order valence-corrected chi connectivity index (χ2v) is 4.40. The first-order valence-corrected chi connectivity index (χ1v) is 6.09. The van der Waals surface area contributed by atoms with Crippen LogP contribution in [0.3, 0.4) is 0 Å². The van der Waals surface area contributed by atoms with Gasteiger partial charge in [-0.3, -0.25) is 10.1 Å². The van der Waals surface area contributed by atoms with Gasteiger partial charge in [0, 0.05) is 18.6 Å². The highest BCUT2D eigenvalue weighted by molar-refractivity contribution is 5.33. The van der Waals surface area contributed by atoms with Gasteiger partial charge >= 0.3 is 0 Å². The molecule has 0 spiro atoms. The monoisotopic (exact) mass is 261 g/mol. The predicted molar refractivity (Wildman–Crippen MR) is 69.8 cm³/mol. The van der Waals surface area contributed by atoms with E-state index < -0.39 is 11.0 Å². The van der Waals surface area contributed by atoms with Gasteiger partial charge in [-0.05, 0) is 30.5 Å². The molecule has 2 aromatic rings. The summed E-state index contributed by atoms with van der Waals surface area (Å²) in [6.45, 7) is 0. The summed E-state index contributed by atoms with van der Waals surface area (Å²) < 4.78 is 5.19. The van der Waals surface area contributed by atoms with E-state index in [4.69, 9.17) is 4.42 Å². The molecule has 0 bridgehead atoms. The van der Waals surface area contributed by atoms with Crippen molar-refractivity contribution in [1.29, 1.82) is 0 Å². The summed E-state index contributed by atoms with van der Waals surface area (Å²) in [6.07, 6.45) is 2.90. The fraction of sp³-hybridized carbons (Fsp3) is 0.286. The summed E-state index contributed by atoms with van der Waals surface area (Å²) in [5, 5.41) is 20.4. The van der Waals surface area contributed by atoms with Gasteiger partial charge in [-0.1, -0.05) is 12.1 Å². The van der Waals surface area contributed by atoms with Crippen molar-refractivity contribution < 1.29 is 14.4 Å².